The molecule has 0 radical (unpaired) electrons. The van der Waals surface area contributed by atoms with Crippen molar-refractivity contribution in [2.24, 2.45) is 17.6 Å². The molecule has 18 heavy (non-hydrogen) atoms. The molecule has 0 aliphatic carbocycles. The SMILES string of the molecule is CC1CCN(S(=O)(=O)N2CCOCC2)CC1CN. The Bertz CT molecular complexity index is 368. The summed E-state index contributed by atoms with van der Waals surface area (Å²) in [4.78, 5) is 0. The van der Waals surface area contributed by atoms with E-state index in [0.717, 1.165) is 6.42 Å². The number of ether oxygens (including phenoxy) is 1. The lowest BCUT2D eigenvalue weighted by Crippen LogP contribution is -2.53. The Morgan fingerprint density at radius 3 is 2.50 bits per heavy atom. The molecule has 0 bridgehead atoms. The molecule has 2 fully saturated rings. The minimum absolute atomic E-state index is 0.273. The summed E-state index contributed by atoms with van der Waals surface area (Å²) in [5.74, 6) is 0.778. The van der Waals surface area contributed by atoms with Crippen LogP contribution in [-0.4, -0.2) is 63.0 Å². The highest BCUT2D eigenvalue weighted by atomic mass is 32.2. The lowest BCUT2D eigenvalue weighted by Gasteiger charge is -2.39. The number of hydrogen-bond acceptors (Lipinski definition) is 4. The van der Waals surface area contributed by atoms with Gasteiger partial charge in [0.2, 0.25) is 0 Å². The van der Waals surface area contributed by atoms with Gasteiger partial charge in [-0.2, -0.15) is 17.0 Å². The third kappa shape index (κ3) is 2.85. The molecule has 106 valence electrons. The van der Waals surface area contributed by atoms with E-state index < -0.39 is 10.2 Å². The topological polar surface area (TPSA) is 75.9 Å². The van der Waals surface area contributed by atoms with Crippen LogP contribution in [0.4, 0.5) is 0 Å². The van der Waals surface area contributed by atoms with Crippen molar-refractivity contribution < 1.29 is 13.2 Å². The maximum Gasteiger partial charge on any atom is 0.282 e. The number of piperidine rings is 1. The fourth-order valence-electron chi connectivity index (χ4n) is 2.57. The van der Waals surface area contributed by atoms with Crippen molar-refractivity contribution in [3.8, 4) is 0 Å². The maximum atomic E-state index is 12.5. The first-order valence-electron chi connectivity index (χ1n) is 6.58. The lowest BCUT2D eigenvalue weighted by atomic mass is 9.88. The van der Waals surface area contributed by atoms with E-state index in [4.69, 9.17) is 10.5 Å². The zero-order chi connectivity index (χ0) is 13.2. The van der Waals surface area contributed by atoms with Crippen LogP contribution in [0, 0.1) is 11.8 Å². The van der Waals surface area contributed by atoms with E-state index in [0.29, 0.717) is 51.9 Å². The minimum Gasteiger partial charge on any atom is -0.379 e. The number of nitrogens with two attached hydrogens (primary N) is 1. The third-order valence-corrected chi connectivity index (χ3v) is 6.00. The van der Waals surface area contributed by atoms with Crippen LogP contribution in [-0.2, 0) is 14.9 Å². The summed E-state index contributed by atoms with van der Waals surface area (Å²) in [6.07, 6.45) is 0.894. The molecule has 0 amide bonds. The quantitative estimate of drug-likeness (QED) is 0.753. The number of morpholine rings is 1. The molecule has 7 heteroatoms. The zero-order valence-corrected chi connectivity index (χ0v) is 11.7. The maximum absolute atomic E-state index is 12.5. The van der Waals surface area contributed by atoms with Gasteiger partial charge in [0.05, 0.1) is 13.2 Å². The van der Waals surface area contributed by atoms with E-state index in [1.807, 2.05) is 0 Å². The molecule has 2 N–H and O–H groups in total. The average molecular weight is 277 g/mol. The molecule has 0 saturated carbocycles. The molecule has 0 spiro atoms. The first kappa shape index (κ1) is 14.2. The Hall–Kier alpha value is -0.210. The molecule has 2 rings (SSSR count). The standard InChI is InChI=1S/C11H23N3O3S/c1-10-2-3-14(9-11(10)8-12)18(15,16)13-4-6-17-7-5-13/h10-11H,2-9,12H2,1H3. The van der Waals surface area contributed by atoms with Crippen LogP contribution in [0.2, 0.25) is 0 Å². The average Bonchev–Trinajstić information content (AvgIpc) is 2.40. The van der Waals surface area contributed by atoms with Crippen LogP contribution in [0.1, 0.15) is 13.3 Å². The van der Waals surface area contributed by atoms with Gasteiger partial charge < -0.3 is 10.5 Å². The second kappa shape index (κ2) is 5.83. The summed E-state index contributed by atoms with van der Waals surface area (Å²) < 4.78 is 33.2. The van der Waals surface area contributed by atoms with E-state index in [9.17, 15) is 8.42 Å². The van der Waals surface area contributed by atoms with Gasteiger partial charge in [-0.25, -0.2) is 0 Å². The second-order valence-corrected chi connectivity index (χ2v) is 7.07. The van der Waals surface area contributed by atoms with Gasteiger partial charge in [-0.15, -0.1) is 0 Å². The Morgan fingerprint density at radius 2 is 1.89 bits per heavy atom. The van der Waals surface area contributed by atoms with Gasteiger partial charge in [0.15, 0.2) is 0 Å². The van der Waals surface area contributed by atoms with Gasteiger partial charge in [0.1, 0.15) is 0 Å². The van der Waals surface area contributed by atoms with Crippen molar-refractivity contribution >= 4 is 10.2 Å². The van der Waals surface area contributed by atoms with Crippen molar-refractivity contribution in [2.45, 2.75) is 13.3 Å². The molecule has 2 unspecified atom stereocenters. The Kier molecular flexibility index (Phi) is 4.60. The minimum atomic E-state index is -3.32. The highest BCUT2D eigenvalue weighted by Crippen LogP contribution is 2.25. The highest BCUT2D eigenvalue weighted by molar-refractivity contribution is 7.86. The van der Waals surface area contributed by atoms with Gasteiger partial charge in [-0.3, -0.25) is 0 Å². The van der Waals surface area contributed by atoms with E-state index in [1.54, 1.807) is 4.31 Å². The van der Waals surface area contributed by atoms with E-state index in [2.05, 4.69) is 6.92 Å². The molecule has 0 aromatic rings. The van der Waals surface area contributed by atoms with Gasteiger partial charge in [-0.1, -0.05) is 6.92 Å². The molecular weight excluding hydrogens is 254 g/mol. The first-order chi connectivity index (χ1) is 8.55. The summed E-state index contributed by atoms with van der Waals surface area (Å²) in [6, 6.07) is 0. The van der Waals surface area contributed by atoms with Crippen LogP contribution in [0.25, 0.3) is 0 Å². The third-order valence-electron chi connectivity index (χ3n) is 4.00. The van der Waals surface area contributed by atoms with Crippen molar-refractivity contribution in [3.05, 3.63) is 0 Å². The van der Waals surface area contributed by atoms with Crippen LogP contribution in [0.5, 0.6) is 0 Å². The highest BCUT2D eigenvalue weighted by Gasteiger charge is 2.36. The molecule has 0 aromatic heterocycles. The van der Waals surface area contributed by atoms with Gasteiger partial charge in [-0.05, 0) is 24.8 Å². The van der Waals surface area contributed by atoms with Gasteiger partial charge in [0.25, 0.3) is 10.2 Å². The summed E-state index contributed by atoms with van der Waals surface area (Å²) in [7, 11) is -3.32. The Morgan fingerprint density at radius 1 is 1.22 bits per heavy atom. The van der Waals surface area contributed by atoms with Crippen LogP contribution in [0.3, 0.4) is 0 Å². The van der Waals surface area contributed by atoms with Crippen molar-refractivity contribution in [2.75, 3.05) is 45.9 Å². The largest absolute Gasteiger partial charge is 0.379 e. The Labute approximate surface area is 109 Å². The normalized spacial score (nSPS) is 32.6. The van der Waals surface area contributed by atoms with Gasteiger partial charge >= 0.3 is 0 Å². The number of nitrogens with zero attached hydrogens (tertiary/aromatic N) is 2. The summed E-state index contributed by atoms with van der Waals surface area (Å²) in [6.45, 7) is 5.76. The Balaban J connectivity index is 2.05. The molecular formula is C11H23N3O3S. The molecule has 2 aliphatic heterocycles. The lowest BCUT2D eigenvalue weighted by molar-refractivity contribution is 0.0682. The number of rotatable bonds is 3. The predicted octanol–water partition coefficient (Wildman–Crippen LogP) is -0.520. The molecule has 2 aliphatic rings. The predicted molar refractivity (Wildman–Crippen MR) is 69.2 cm³/mol. The molecule has 0 aromatic carbocycles. The summed E-state index contributed by atoms with van der Waals surface area (Å²) >= 11 is 0. The van der Waals surface area contributed by atoms with Crippen LogP contribution < -0.4 is 5.73 Å². The fourth-order valence-corrected chi connectivity index (χ4v) is 4.23. The van der Waals surface area contributed by atoms with Crippen molar-refractivity contribution in [1.29, 1.82) is 0 Å². The van der Waals surface area contributed by atoms with Crippen molar-refractivity contribution in [1.82, 2.24) is 8.61 Å². The van der Waals surface area contributed by atoms with Crippen LogP contribution >= 0.6 is 0 Å². The molecule has 2 atom stereocenters. The summed E-state index contributed by atoms with van der Waals surface area (Å²) in [5.41, 5.74) is 5.72. The molecule has 2 saturated heterocycles. The van der Waals surface area contributed by atoms with E-state index >= 15 is 0 Å². The van der Waals surface area contributed by atoms with Crippen LogP contribution in [0.15, 0.2) is 0 Å². The van der Waals surface area contributed by atoms with Gasteiger partial charge in [0, 0.05) is 26.2 Å². The van der Waals surface area contributed by atoms with E-state index in [-0.39, 0.29) is 5.92 Å². The molecule has 6 nitrogen and oxygen atoms in total. The number of hydrogen-bond donors (Lipinski definition) is 1. The fraction of sp³-hybridized carbons (Fsp3) is 1.00. The molecule has 2 heterocycles. The first-order valence-corrected chi connectivity index (χ1v) is 7.98. The van der Waals surface area contributed by atoms with E-state index in [1.165, 1.54) is 4.31 Å². The van der Waals surface area contributed by atoms with Crippen molar-refractivity contribution in [3.63, 3.8) is 0 Å². The zero-order valence-electron chi connectivity index (χ0n) is 10.9. The monoisotopic (exact) mass is 277 g/mol. The summed E-state index contributed by atoms with van der Waals surface area (Å²) in [5, 5.41) is 0. The second-order valence-electron chi connectivity index (χ2n) is 5.14. The smallest absolute Gasteiger partial charge is 0.282 e.